The molecule has 4 aliphatic rings. The molecule has 0 radical (unpaired) electrons. The number of hydrogen-bond donors (Lipinski definition) is 1. The Kier molecular flexibility index (Phi) is 15.7. The van der Waals surface area contributed by atoms with Gasteiger partial charge in [-0.2, -0.15) is 4.31 Å². The van der Waals surface area contributed by atoms with Gasteiger partial charge in [-0.05, 0) is 126 Å². The molecule has 73 heavy (non-hydrogen) atoms. The van der Waals surface area contributed by atoms with E-state index < -0.39 is 28.8 Å². The van der Waals surface area contributed by atoms with Crippen molar-refractivity contribution in [3.63, 3.8) is 0 Å². The minimum absolute atomic E-state index is 0.0439. The molecule has 1 saturated heterocycles. The summed E-state index contributed by atoms with van der Waals surface area (Å²) in [4.78, 5) is 33.3. The largest absolute Gasteiger partial charge is 0.497 e. The third-order valence-corrected chi connectivity index (χ3v) is 17.4. The van der Waals surface area contributed by atoms with Crippen LogP contribution in [-0.2, 0) is 37.1 Å². The standard InChI is InChI=1S/C56H68N4O12S/c1-8-36-33-57-19-17-37-27-50(67-4)52(69-6)31-44(37)48(57)25-39(36)26-49-45-32-53(70-7)51(68-5)28-38(45)18-20-59(49)56(63)54-29-40(46-34-60(35(2)62)47-12-10-9-11-43(46)47)30-55(72-54)71-24-22-58(21-23-61)73(64,65)42-15-13-41(66-3)14-16-42/h9-16,27-29,31-32,34,36,39-40,48-49,55,61H,8,17-26,30,33H2,1-7H3/t36-,39+,40+,48-,49+,55-/m0/s1. The number of sulfonamides is 1. The van der Waals surface area contributed by atoms with Crippen molar-refractivity contribution in [2.75, 3.05) is 81.5 Å². The van der Waals surface area contributed by atoms with Crippen LogP contribution in [0.3, 0.4) is 0 Å². The van der Waals surface area contributed by atoms with Crippen LogP contribution < -0.4 is 23.7 Å². The summed E-state index contributed by atoms with van der Waals surface area (Å²) in [5.41, 5.74) is 6.18. The van der Waals surface area contributed by atoms with Crippen LogP contribution in [0, 0.1) is 11.8 Å². The minimum atomic E-state index is -4.04. The van der Waals surface area contributed by atoms with Gasteiger partial charge in [0, 0.05) is 69.6 Å². The molecule has 0 saturated carbocycles. The van der Waals surface area contributed by atoms with Crippen molar-refractivity contribution >= 4 is 32.7 Å². The molecule has 390 valence electrons. The number of methoxy groups -OCH3 is 5. The number of rotatable bonds is 18. The number of fused-ring (bicyclic) bond motifs is 5. The molecule has 4 aromatic carbocycles. The maximum Gasteiger partial charge on any atom is 0.289 e. The van der Waals surface area contributed by atoms with Crippen LogP contribution >= 0.6 is 0 Å². The highest BCUT2D eigenvalue weighted by molar-refractivity contribution is 7.89. The molecule has 1 fully saturated rings. The highest BCUT2D eigenvalue weighted by Crippen LogP contribution is 2.50. The number of para-hydroxylation sites is 1. The van der Waals surface area contributed by atoms with Crippen molar-refractivity contribution in [2.24, 2.45) is 11.8 Å². The number of allylic oxidation sites excluding steroid dienone is 1. The van der Waals surface area contributed by atoms with Gasteiger partial charge in [0.15, 0.2) is 28.8 Å². The maximum absolute atomic E-state index is 15.7. The number of nitrogens with zero attached hydrogens (tertiary/aromatic N) is 4. The Bertz CT molecular complexity index is 2960. The lowest BCUT2D eigenvalue weighted by Crippen LogP contribution is -2.48. The van der Waals surface area contributed by atoms with E-state index in [1.54, 1.807) is 45.1 Å². The summed E-state index contributed by atoms with van der Waals surface area (Å²) < 4.78 is 72.1. The Morgan fingerprint density at radius 3 is 2.10 bits per heavy atom. The number of piperidine rings is 1. The van der Waals surface area contributed by atoms with E-state index in [-0.39, 0.29) is 66.6 Å². The van der Waals surface area contributed by atoms with Crippen LogP contribution in [0.15, 0.2) is 95.7 Å². The fraction of sp³-hybridized carbons (Fsp3) is 0.464. The molecule has 5 aromatic rings. The van der Waals surface area contributed by atoms with Crippen LogP contribution in [-0.4, -0.2) is 132 Å². The Balaban J connectivity index is 1.06. The van der Waals surface area contributed by atoms with E-state index in [2.05, 4.69) is 24.0 Å². The van der Waals surface area contributed by atoms with E-state index in [0.717, 1.165) is 65.7 Å². The molecule has 6 atom stereocenters. The lowest BCUT2D eigenvalue weighted by atomic mass is 9.72. The van der Waals surface area contributed by atoms with Crippen molar-refractivity contribution in [3.05, 3.63) is 119 Å². The number of aliphatic hydroxyl groups is 1. The number of aliphatic hydroxyl groups excluding tert-OH is 1. The van der Waals surface area contributed by atoms with Crippen LogP contribution in [0.5, 0.6) is 28.7 Å². The van der Waals surface area contributed by atoms with Crippen LogP contribution in [0.2, 0.25) is 0 Å². The number of amides is 1. The minimum Gasteiger partial charge on any atom is -0.497 e. The summed E-state index contributed by atoms with van der Waals surface area (Å²) >= 11 is 0. The molecule has 1 N–H and O–H groups in total. The summed E-state index contributed by atoms with van der Waals surface area (Å²) in [6, 6.07) is 21.9. The highest BCUT2D eigenvalue weighted by atomic mass is 32.2. The molecule has 0 bridgehead atoms. The Morgan fingerprint density at radius 2 is 1.44 bits per heavy atom. The smallest absolute Gasteiger partial charge is 0.289 e. The summed E-state index contributed by atoms with van der Waals surface area (Å²) in [5, 5.41) is 10.8. The SMILES string of the molecule is CC[C@H]1CN2CCc3cc(OC)c(OC)cc3[C@@H]2C[C@@H]1C[C@@H]1c2cc(OC)c(OC)cc2CCN1C(=O)C1=C[C@@H](c2cn(C(C)=O)c3ccccc23)C[C@@H](OCCN(CCO)S(=O)(=O)c2ccc(OC)cc2)O1. The monoisotopic (exact) mass is 1020 g/mol. The van der Waals surface area contributed by atoms with Gasteiger partial charge in [0.25, 0.3) is 5.91 Å². The van der Waals surface area contributed by atoms with Crippen molar-refractivity contribution in [1.82, 2.24) is 18.7 Å². The van der Waals surface area contributed by atoms with Gasteiger partial charge in [-0.1, -0.05) is 31.5 Å². The molecule has 9 rings (SSSR count). The number of carbonyl (C=O) groups is 2. The average molecular weight is 1020 g/mol. The fourth-order valence-corrected chi connectivity index (χ4v) is 13.2. The summed E-state index contributed by atoms with van der Waals surface area (Å²) in [6.07, 6.45) is 7.02. The van der Waals surface area contributed by atoms with Crippen molar-refractivity contribution in [1.29, 1.82) is 0 Å². The van der Waals surface area contributed by atoms with Crippen LogP contribution in [0.25, 0.3) is 10.9 Å². The van der Waals surface area contributed by atoms with Gasteiger partial charge in [0.2, 0.25) is 22.2 Å². The second kappa shape index (κ2) is 22.2. The third kappa shape index (κ3) is 10.3. The predicted octanol–water partition coefficient (Wildman–Crippen LogP) is 7.92. The predicted molar refractivity (Wildman–Crippen MR) is 275 cm³/mol. The van der Waals surface area contributed by atoms with E-state index >= 15 is 4.79 Å². The molecular formula is C56H68N4O12S. The van der Waals surface area contributed by atoms with E-state index in [9.17, 15) is 18.3 Å². The molecular weight excluding hydrogens is 953 g/mol. The van der Waals surface area contributed by atoms with Crippen molar-refractivity contribution in [3.8, 4) is 28.7 Å². The lowest BCUT2D eigenvalue weighted by Gasteiger charge is -2.49. The summed E-state index contributed by atoms with van der Waals surface area (Å²) in [7, 11) is 4.07. The Labute approximate surface area is 428 Å². The second-order valence-electron chi connectivity index (χ2n) is 19.3. The zero-order chi connectivity index (χ0) is 51.6. The molecule has 16 nitrogen and oxygen atoms in total. The van der Waals surface area contributed by atoms with Gasteiger partial charge in [0.05, 0.1) is 65.2 Å². The Morgan fingerprint density at radius 1 is 0.781 bits per heavy atom. The van der Waals surface area contributed by atoms with E-state index in [1.165, 1.54) is 41.6 Å². The van der Waals surface area contributed by atoms with Gasteiger partial charge >= 0.3 is 0 Å². The zero-order valence-electron chi connectivity index (χ0n) is 42.9. The van der Waals surface area contributed by atoms with Gasteiger partial charge in [0.1, 0.15) is 5.75 Å². The molecule has 17 heteroatoms. The first-order chi connectivity index (χ1) is 35.3. The maximum atomic E-state index is 15.7. The zero-order valence-corrected chi connectivity index (χ0v) is 43.7. The van der Waals surface area contributed by atoms with Crippen LogP contribution in [0.4, 0.5) is 0 Å². The topological polar surface area (TPSA) is 168 Å². The van der Waals surface area contributed by atoms with E-state index in [4.69, 9.17) is 33.2 Å². The Hall–Kier alpha value is -6.11. The number of carbonyl (C=O) groups excluding carboxylic acids is 2. The van der Waals surface area contributed by atoms with Gasteiger partial charge in [-0.15, -0.1) is 0 Å². The van der Waals surface area contributed by atoms with Crippen molar-refractivity contribution in [2.45, 2.75) is 81.6 Å². The number of hydrogen-bond acceptors (Lipinski definition) is 13. The number of ether oxygens (including phenoxy) is 7. The molecule has 0 unspecified atom stereocenters. The molecule has 1 aromatic heterocycles. The van der Waals surface area contributed by atoms with E-state index in [1.807, 2.05) is 53.6 Å². The molecule has 5 heterocycles. The van der Waals surface area contributed by atoms with Crippen molar-refractivity contribution < 1.29 is 56.3 Å². The molecule has 4 aliphatic heterocycles. The summed E-state index contributed by atoms with van der Waals surface area (Å²) in [5.74, 6) is 2.97. The first kappa shape index (κ1) is 51.8. The fourth-order valence-electron chi connectivity index (χ4n) is 11.7. The summed E-state index contributed by atoms with van der Waals surface area (Å²) in [6.45, 7) is 5.28. The number of benzene rings is 4. The number of aromatic nitrogens is 1. The average Bonchev–Trinajstić information content (AvgIpc) is 3.82. The second-order valence-corrected chi connectivity index (χ2v) is 21.3. The third-order valence-electron chi connectivity index (χ3n) is 15.5. The quantitative estimate of drug-likeness (QED) is 0.0900. The molecule has 0 spiro atoms. The molecule has 0 aliphatic carbocycles. The first-order valence-corrected chi connectivity index (χ1v) is 26.7. The lowest BCUT2D eigenvalue weighted by molar-refractivity contribution is -0.155. The van der Waals surface area contributed by atoms with Gasteiger partial charge in [-0.25, -0.2) is 8.42 Å². The van der Waals surface area contributed by atoms with Crippen LogP contribution in [0.1, 0.15) is 90.1 Å². The first-order valence-electron chi connectivity index (χ1n) is 25.2. The van der Waals surface area contributed by atoms with Gasteiger partial charge in [-0.3, -0.25) is 19.1 Å². The van der Waals surface area contributed by atoms with E-state index in [0.29, 0.717) is 48.3 Å². The highest BCUT2D eigenvalue weighted by Gasteiger charge is 2.44. The normalized spacial score (nSPS) is 21.9. The van der Waals surface area contributed by atoms with Gasteiger partial charge < -0.3 is 43.2 Å². The molecule has 1 amide bonds.